The molecular weight excluding hydrogens is 270 g/mol. The van der Waals surface area contributed by atoms with Crippen molar-refractivity contribution in [1.29, 1.82) is 0 Å². The Morgan fingerprint density at radius 2 is 2.32 bits per heavy atom. The smallest absolute Gasteiger partial charge is 0.303 e. The van der Waals surface area contributed by atoms with E-state index in [-0.39, 0.29) is 38.4 Å². The number of aliphatic hydroxyl groups is 1. The molecule has 0 spiro atoms. The predicted molar refractivity (Wildman–Crippen MR) is 69.7 cm³/mol. The van der Waals surface area contributed by atoms with Crippen LogP contribution in [0.3, 0.4) is 0 Å². The van der Waals surface area contributed by atoms with Gasteiger partial charge in [0.25, 0.3) is 5.91 Å². The summed E-state index contributed by atoms with van der Waals surface area (Å²) in [7, 11) is 0. The van der Waals surface area contributed by atoms with Crippen molar-refractivity contribution in [2.75, 3.05) is 26.4 Å². The number of aliphatic hydroxyl groups excluding tert-OH is 1. The first-order chi connectivity index (χ1) is 9.13. The molecule has 1 rings (SSSR count). The molecule has 0 aliphatic rings. The van der Waals surface area contributed by atoms with Gasteiger partial charge in [-0.3, -0.25) is 9.59 Å². The van der Waals surface area contributed by atoms with Crippen LogP contribution in [0.1, 0.15) is 18.6 Å². The second-order valence-electron chi connectivity index (χ2n) is 3.72. The van der Waals surface area contributed by atoms with E-state index in [9.17, 15) is 9.59 Å². The Kier molecular flexibility index (Phi) is 7.09. The van der Waals surface area contributed by atoms with E-state index in [0.717, 1.165) is 5.56 Å². The van der Waals surface area contributed by atoms with Crippen LogP contribution < -0.4 is 5.32 Å². The number of esters is 1. The van der Waals surface area contributed by atoms with E-state index in [1.165, 1.54) is 18.3 Å². The minimum absolute atomic E-state index is 0.0813. The maximum atomic E-state index is 11.4. The number of hydrogen-bond donors (Lipinski definition) is 2. The topological polar surface area (TPSA) is 84.9 Å². The van der Waals surface area contributed by atoms with Gasteiger partial charge in [0.2, 0.25) is 0 Å². The Bertz CT molecular complexity index is 393. The van der Waals surface area contributed by atoms with Crippen molar-refractivity contribution < 1.29 is 24.2 Å². The molecule has 0 radical (unpaired) electrons. The molecule has 7 heteroatoms. The van der Waals surface area contributed by atoms with Crippen LogP contribution in [-0.2, 0) is 19.1 Å². The number of nitrogens with one attached hydrogen (secondary N) is 1. The lowest BCUT2D eigenvalue weighted by molar-refractivity contribution is -0.146. The van der Waals surface area contributed by atoms with Crippen molar-refractivity contribution in [3.05, 3.63) is 22.4 Å². The first kappa shape index (κ1) is 15.6. The minimum atomic E-state index is -0.499. The molecule has 0 unspecified atom stereocenters. The molecule has 1 aromatic heterocycles. The number of rotatable bonds is 8. The third-order valence-electron chi connectivity index (χ3n) is 2.22. The van der Waals surface area contributed by atoms with Crippen LogP contribution in [0.25, 0.3) is 0 Å². The molecule has 1 amide bonds. The first-order valence-corrected chi connectivity index (χ1v) is 6.72. The van der Waals surface area contributed by atoms with Gasteiger partial charge in [-0.25, -0.2) is 0 Å². The van der Waals surface area contributed by atoms with Crippen LogP contribution in [0.2, 0.25) is 0 Å². The normalized spacial score (nSPS) is 11.9. The Hall–Kier alpha value is -1.44. The fraction of sp³-hybridized carbons (Fsp3) is 0.500. The standard InChI is InChI=1S/C12H17NO5S/c1-9(15)18-7-12(16)13-6-11(17-4-3-14)10-2-5-19-8-10/h2,5,8,11,14H,3-4,6-7H2,1H3,(H,13,16)/t11-/m1/s1. The maximum absolute atomic E-state index is 11.4. The average Bonchev–Trinajstić information content (AvgIpc) is 2.90. The van der Waals surface area contributed by atoms with Crippen molar-refractivity contribution in [2.45, 2.75) is 13.0 Å². The molecule has 6 nitrogen and oxygen atoms in total. The Morgan fingerprint density at radius 1 is 1.53 bits per heavy atom. The highest BCUT2D eigenvalue weighted by molar-refractivity contribution is 7.07. The van der Waals surface area contributed by atoms with Crippen molar-refractivity contribution in [3.8, 4) is 0 Å². The van der Waals surface area contributed by atoms with Crippen LogP contribution in [0.5, 0.6) is 0 Å². The van der Waals surface area contributed by atoms with Crippen molar-refractivity contribution in [3.63, 3.8) is 0 Å². The van der Waals surface area contributed by atoms with Gasteiger partial charge < -0.3 is 19.9 Å². The number of amides is 1. The lowest BCUT2D eigenvalue weighted by Crippen LogP contribution is -2.33. The largest absolute Gasteiger partial charge is 0.456 e. The minimum Gasteiger partial charge on any atom is -0.456 e. The van der Waals surface area contributed by atoms with Gasteiger partial charge in [-0.15, -0.1) is 0 Å². The summed E-state index contributed by atoms with van der Waals surface area (Å²) in [5.74, 6) is -0.885. The number of hydrogen-bond acceptors (Lipinski definition) is 6. The molecule has 0 aromatic carbocycles. The summed E-state index contributed by atoms with van der Waals surface area (Å²) in [6.07, 6.45) is -0.320. The van der Waals surface area contributed by atoms with Crippen LogP contribution >= 0.6 is 11.3 Å². The Balaban J connectivity index is 2.40. The fourth-order valence-corrected chi connectivity index (χ4v) is 2.05. The third kappa shape index (κ3) is 6.32. The highest BCUT2D eigenvalue weighted by Gasteiger charge is 2.14. The lowest BCUT2D eigenvalue weighted by Gasteiger charge is -2.17. The molecule has 1 aromatic rings. The fourth-order valence-electron chi connectivity index (χ4n) is 1.35. The summed E-state index contributed by atoms with van der Waals surface area (Å²) >= 11 is 1.53. The van der Waals surface area contributed by atoms with Crippen molar-refractivity contribution >= 4 is 23.2 Å². The Morgan fingerprint density at radius 3 is 2.89 bits per heavy atom. The van der Waals surface area contributed by atoms with Crippen LogP contribution in [0.4, 0.5) is 0 Å². The van der Waals surface area contributed by atoms with Crippen LogP contribution in [-0.4, -0.2) is 43.3 Å². The molecule has 0 saturated carbocycles. The molecule has 0 aliphatic carbocycles. The molecular formula is C12H17NO5S. The number of ether oxygens (including phenoxy) is 2. The molecule has 19 heavy (non-hydrogen) atoms. The zero-order chi connectivity index (χ0) is 14.1. The number of carbonyl (C=O) groups is 2. The van der Waals surface area contributed by atoms with Gasteiger partial charge in [-0.05, 0) is 22.4 Å². The summed E-state index contributed by atoms with van der Waals surface area (Å²) < 4.78 is 10.0. The van der Waals surface area contributed by atoms with Gasteiger partial charge >= 0.3 is 5.97 Å². The zero-order valence-electron chi connectivity index (χ0n) is 10.6. The second kappa shape index (κ2) is 8.63. The predicted octanol–water partition coefficient (Wildman–Crippen LogP) is 0.477. The monoisotopic (exact) mass is 287 g/mol. The van der Waals surface area contributed by atoms with Crippen molar-refractivity contribution in [2.24, 2.45) is 0 Å². The average molecular weight is 287 g/mol. The first-order valence-electron chi connectivity index (χ1n) is 5.78. The van der Waals surface area contributed by atoms with Gasteiger partial charge in [0.1, 0.15) is 6.10 Å². The summed E-state index contributed by atoms with van der Waals surface area (Å²) in [6, 6.07) is 1.89. The Labute approximate surface area is 115 Å². The molecule has 1 heterocycles. The van der Waals surface area contributed by atoms with E-state index >= 15 is 0 Å². The molecule has 0 bridgehead atoms. The van der Waals surface area contributed by atoms with E-state index in [0.29, 0.717) is 0 Å². The molecule has 0 aliphatic heterocycles. The van der Waals surface area contributed by atoms with Gasteiger partial charge in [-0.2, -0.15) is 11.3 Å². The summed E-state index contributed by atoms with van der Waals surface area (Å²) in [4.78, 5) is 22.0. The van der Waals surface area contributed by atoms with Gasteiger partial charge in [0.15, 0.2) is 6.61 Å². The molecule has 0 fully saturated rings. The SMILES string of the molecule is CC(=O)OCC(=O)NC[C@@H](OCCO)c1ccsc1. The summed E-state index contributed by atoms with van der Waals surface area (Å²) in [6.45, 7) is 1.32. The summed E-state index contributed by atoms with van der Waals surface area (Å²) in [5.41, 5.74) is 0.936. The maximum Gasteiger partial charge on any atom is 0.303 e. The summed E-state index contributed by atoms with van der Waals surface area (Å²) in [5, 5.41) is 15.2. The highest BCUT2D eigenvalue weighted by atomic mass is 32.1. The van der Waals surface area contributed by atoms with E-state index in [1.54, 1.807) is 0 Å². The zero-order valence-corrected chi connectivity index (χ0v) is 11.4. The van der Waals surface area contributed by atoms with E-state index < -0.39 is 5.97 Å². The van der Waals surface area contributed by atoms with Crippen molar-refractivity contribution in [1.82, 2.24) is 5.32 Å². The number of carbonyl (C=O) groups excluding carboxylic acids is 2. The molecule has 106 valence electrons. The van der Waals surface area contributed by atoms with Gasteiger partial charge in [0, 0.05) is 13.5 Å². The van der Waals surface area contributed by atoms with E-state index in [4.69, 9.17) is 9.84 Å². The molecule has 0 saturated heterocycles. The van der Waals surface area contributed by atoms with Gasteiger partial charge in [-0.1, -0.05) is 0 Å². The molecule has 2 N–H and O–H groups in total. The molecule has 1 atom stereocenters. The third-order valence-corrected chi connectivity index (χ3v) is 2.92. The van der Waals surface area contributed by atoms with Crippen LogP contribution in [0, 0.1) is 0 Å². The number of thiophene rings is 1. The highest BCUT2D eigenvalue weighted by Crippen LogP contribution is 2.19. The van der Waals surface area contributed by atoms with E-state index in [1.807, 2.05) is 16.8 Å². The van der Waals surface area contributed by atoms with Crippen LogP contribution in [0.15, 0.2) is 16.8 Å². The second-order valence-corrected chi connectivity index (χ2v) is 4.50. The lowest BCUT2D eigenvalue weighted by atomic mass is 10.2. The van der Waals surface area contributed by atoms with E-state index in [2.05, 4.69) is 10.1 Å². The quantitative estimate of drug-likeness (QED) is 0.679. The van der Waals surface area contributed by atoms with Gasteiger partial charge in [0.05, 0.1) is 13.2 Å².